The van der Waals surface area contributed by atoms with Crippen molar-refractivity contribution in [3.05, 3.63) is 100 Å². The van der Waals surface area contributed by atoms with E-state index in [2.05, 4.69) is 29.6 Å². The van der Waals surface area contributed by atoms with E-state index in [0.29, 0.717) is 24.5 Å². The van der Waals surface area contributed by atoms with Crippen molar-refractivity contribution in [2.45, 2.75) is 94.3 Å². The number of halogens is 7. The maximum atomic E-state index is 17.1. The monoisotopic (exact) mass is 919 g/mol. The van der Waals surface area contributed by atoms with Crippen LogP contribution in [0.15, 0.2) is 77.1 Å². The number of pyridine rings is 1. The van der Waals surface area contributed by atoms with Gasteiger partial charge in [-0.1, -0.05) is 55.5 Å². The van der Waals surface area contributed by atoms with Gasteiger partial charge in [-0.05, 0) is 85.5 Å². The van der Waals surface area contributed by atoms with Crippen molar-refractivity contribution in [1.29, 1.82) is 0 Å². The van der Waals surface area contributed by atoms with E-state index in [4.69, 9.17) is 30.5 Å². The number of amides is 1. The number of allylic oxidation sites excluding steroid dienone is 3. The summed E-state index contributed by atoms with van der Waals surface area (Å²) in [6.45, 7) is 8.56. The minimum absolute atomic E-state index is 0.00157. The number of nitrogens with zero attached hydrogens (tertiary/aromatic N) is 5. The summed E-state index contributed by atoms with van der Waals surface area (Å²) in [4.78, 5) is 27.9. The number of hydrogen-bond acceptors (Lipinski definition) is 9. The van der Waals surface area contributed by atoms with Crippen molar-refractivity contribution in [1.82, 2.24) is 14.8 Å². The van der Waals surface area contributed by atoms with E-state index in [-0.39, 0.29) is 50.7 Å². The Kier molecular flexibility index (Phi) is 13.5. The number of carbonyl (C=O) groups excluding carboxylic acids is 1. The van der Waals surface area contributed by atoms with Gasteiger partial charge in [-0.3, -0.25) is 14.6 Å². The molecule has 4 heterocycles. The molecule has 0 saturated carbocycles. The molecule has 1 amide bonds. The summed E-state index contributed by atoms with van der Waals surface area (Å²) in [5.74, 6) is -1.75. The molecule has 2 saturated heterocycles. The Bertz CT molecular complexity index is 2220. The zero-order valence-corrected chi connectivity index (χ0v) is 37.9. The molecular formula is C45H52ClF6N5O5Si. The van der Waals surface area contributed by atoms with E-state index < -0.39 is 84.0 Å². The van der Waals surface area contributed by atoms with Crippen LogP contribution in [0.4, 0.5) is 32.2 Å². The Labute approximate surface area is 369 Å². The smallest absolute Gasteiger partial charge is 0.418 e. The molecule has 63 heavy (non-hydrogen) atoms. The van der Waals surface area contributed by atoms with E-state index in [1.165, 1.54) is 27.2 Å². The van der Waals surface area contributed by atoms with Crippen LogP contribution in [0.1, 0.15) is 47.2 Å². The quantitative estimate of drug-likeness (QED) is 0.0608. The molecule has 340 valence electrons. The first-order valence-corrected chi connectivity index (χ1v) is 24.9. The maximum absolute atomic E-state index is 17.1. The molecule has 3 aliphatic heterocycles. The summed E-state index contributed by atoms with van der Waals surface area (Å²) < 4.78 is 117. The average molecular weight is 920 g/mol. The Balaban J connectivity index is 1.32. The lowest BCUT2D eigenvalue weighted by atomic mass is 9.88. The third kappa shape index (κ3) is 9.97. The molecule has 2 unspecified atom stereocenters. The lowest BCUT2D eigenvalue weighted by Gasteiger charge is -2.39. The summed E-state index contributed by atoms with van der Waals surface area (Å²) in [5.41, 5.74) is -4.21. The summed E-state index contributed by atoms with van der Waals surface area (Å²) in [7, 11) is 1.46. The van der Waals surface area contributed by atoms with Crippen molar-refractivity contribution < 1.29 is 50.1 Å². The van der Waals surface area contributed by atoms with E-state index >= 15 is 22.0 Å². The van der Waals surface area contributed by atoms with Crippen molar-refractivity contribution in [2.24, 2.45) is 4.99 Å². The highest BCUT2D eigenvalue weighted by atomic mass is 35.5. The van der Waals surface area contributed by atoms with E-state index in [1.54, 1.807) is 53.4 Å². The number of fused-ring (bicyclic) bond motifs is 2. The van der Waals surface area contributed by atoms with Gasteiger partial charge in [-0.15, -0.1) is 0 Å². The number of methoxy groups -OCH3 is 2. The van der Waals surface area contributed by atoms with Gasteiger partial charge in [0.1, 0.15) is 35.8 Å². The lowest BCUT2D eigenvalue weighted by Crippen LogP contribution is -2.52. The molecule has 0 radical (unpaired) electrons. The Morgan fingerprint density at radius 2 is 1.62 bits per heavy atom. The zero-order valence-electron chi connectivity index (χ0n) is 36.1. The molecule has 4 aliphatic rings. The van der Waals surface area contributed by atoms with Crippen molar-refractivity contribution in [3.63, 3.8) is 0 Å². The number of ether oxygens (including phenoxy) is 4. The van der Waals surface area contributed by atoms with E-state index in [0.717, 1.165) is 34.6 Å². The molecule has 4 atom stereocenters. The molecule has 10 nitrogen and oxygen atoms in total. The number of anilines is 1. The first-order chi connectivity index (χ1) is 29.7. The van der Waals surface area contributed by atoms with Gasteiger partial charge in [-0.2, -0.15) is 13.2 Å². The molecule has 18 heteroatoms. The lowest BCUT2D eigenvalue weighted by molar-refractivity contribution is -0.159. The fourth-order valence-corrected chi connectivity index (χ4v) is 9.60. The van der Waals surface area contributed by atoms with E-state index in [1.807, 2.05) is 4.90 Å². The van der Waals surface area contributed by atoms with Crippen LogP contribution in [0.5, 0.6) is 11.5 Å². The van der Waals surface area contributed by atoms with Crippen LogP contribution in [0.25, 0.3) is 5.57 Å². The molecule has 1 aliphatic carbocycles. The molecule has 0 bridgehead atoms. The van der Waals surface area contributed by atoms with Gasteiger partial charge >= 0.3 is 6.18 Å². The van der Waals surface area contributed by atoms with Gasteiger partial charge in [0, 0.05) is 51.8 Å². The minimum Gasteiger partial charge on any atom is -0.497 e. The number of rotatable bonds is 16. The third-order valence-electron chi connectivity index (χ3n) is 12.0. The second-order valence-corrected chi connectivity index (χ2v) is 23.9. The maximum Gasteiger partial charge on any atom is 0.418 e. The standard InChI is InChI=1S/C45H52ClF6N5O5Si/c1-28-20-36(55(23-29-8-12-32(59-2)13-9-29)24-30-10-14-33(60-3)15-11-30)54-39(38(28)45(50,51)52)34-21-35-37(40(48)44(34,46)49)41(58)57(27-61-18-19-63(4,5)6)42(53-35)62-26-43-16-7-17-56(43)25-31(47)22-43/h8-15,20-21,31,42H,7,16-19,22-27H2,1-6H3/t31-,42?,43+,44?/m1/s1. The van der Waals surface area contributed by atoms with Crippen molar-refractivity contribution >= 4 is 42.7 Å². The fourth-order valence-electron chi connectivity index (χ4n) is 8.60. The molecule has 2 aromatic carbocycles. The van der Waals surface area contributed by atoms with Gasteiger partial charge < -0.3 is 23.8 Å². The van der Waals surface area contributed by atoms with Crippen LogP contribution < -0.4 is 14.4 Å². The van der Waals surface area contributed by atoms with Gasteiger partial charge in [0.15, 0.2) is 5.83 Å². The van der Waals surface area contributed by atoms with Gasteiger partial charge in [-0.25, -0.2) is 23.1 Å². The average Bonchev–Trinajstić information content (AvgIpc) is 3.75. The van der Waals surface area contributed by atoms with Gasteiger partial charge in [0.2, 0.25) is 6.35 Å². The Morgan fingerprint density at radius 1 is 1.00 bits per heavy atom. The zero-order chi connectivity index (χ0) is 45.5. The molecular weight excluding hydrogens is 868 g/mol. The topological polar surface area (TPSA) is 89.0 Å². The van der Waals surface area contributed by atoms with Crippen molar-refractivity contribution in [2.75, 3.05) is 52.2 Å². The highest BCUT2D eigenvalue weighted by Crippen LogP contribution is 2.50. The predicted molar refractivity (Wildman–Crippen MR) is 232 cm³/mol. The number of alkyl halides is 6. The largest absolute Gasteiger partial charge is 0.497 e. The van der Waals surface area contributed by atoms with Crippen LogP contribution in [0.2, 0.25) is 25.7 Å². The molecule has 2 fully saturated rings. The van der Waals surface area contributed by atoms with Gasteiger partial charge in [0.05, 0.1) is 37.8 Å². The fraction of sp³-hybridized carbons (Fsp3) is 0.489. The first-order valence-electron chi connectivity index (χ1n) is 20.8. The minimum atomic E-state index is -5.11. The molecule has 0 N–H and O–H groups in total. The first kappa shape index (κ1) is 46.6. The highest BCUT2D eigenvalue weighted by Gasteiger charge is 2.53. The number of aryl methyl sites for hydroxylation is 1. The predicted octanol–water partition coefficient (Wildman–Crippen LogP) is 9.63. The second kappa shape index (κ2) is 18.2. The summed E-state index contributed by atoms with van der Waals surface area (Å²) >= 11 is 6.38. The molecule has 7 rings (SSSR count). The number of hydrogen-bond donors (Lipinski definition) is 0. The van der Waals surface area contributed by atoms with E-state index in [9.17, 15) is 9.18 Å². The van der Waals surface area contributed by atoms with Crippen LogP contribution in [0.3, 0.4) is 0 Å². The normalized spacial score (nSPS) is 24.0. The molecule has 3 aromatic rings. The molecule has 0 spiro atoms. The Hall–Kier alpha value is -4.42. The number of carbonyl (C=O) groups is 1. The molecule has 1 aromatic heterocycles. The third-order valence-corrected chi connectivity index (χ3v) is 14.1. The number of benzene rings is 2. The Morgan fingerprint density at radius 3 is 2.19 bits per heavy atom. The number of aliphatic imine (C=N–C) groups is 1. The van der Waals surface area contributed by atoms with Gasteiger partial charge in [0.25, 0.3) is 11.0 Å². The summed E-state index contributed by atoms with van der Waals surface area (Å²) in [5, 5.41) is -3.79. The van der Waals surface area contributed by atoms with Crippen molar-refractivity contribution in [3.8, 4) is 11.5 Å². The highest BCUT2D eigenvalue weighted by molar-refractivity contribution is 6.76. The summed E-state index contributed by atoms with van der Waals surface area (Å²) in [6, 6.07) is 16.1. The van der Waals surface area contributed by atoms with Crippen LogP contribution >= 0.6 is 11.6 Å². The van der Waals surface area contributed by atoms with Crippen LogP contribution in [-0.2, 0) is 33.5 Å². The van der Waals surface area contributed by atoms with Crippen LogP contribution in [-0.4, -0.2) is 105 Å². The number of aromatic nitrogens is 1. The SMILES string of the molecule is COc1ccc(CN(Cc2ccc(OC)cc2)c2cc(C)c(C(F)(F)F)c(C3=CC4=NC(OC[C@@]56CCCN5C[C@H](F)C6)N(COCC[Si](C)(C)C)C(=O)C4=C(F)C3(F)Cl)n2)cc1. The second-order valence-electron chi connectivity index (χ2n) is 17.7. The van der Waals surface area contributed by atoms with Crippen LogP contribution in [0, 0.1) is 6.92 Å². The summed E-state index contributed by atoms with van der Waals surface area (Å²) in [6.07, 6.45) is -5.19.